The Morgan fingerprint density at radius 1 is 1.25 bits per heavy atom. The van der Waals surface area contributed by atoms with Gasteiger partial charge in [0.25, 0.3) is 5.91 Å². The highest BCUT2D eigenvalue weighted by Gasteiger charge is 2.13. The lowest BCUT2D eigenvalue weighted by Crippen LogP contribution is -2.22. The normalized spacial score (nSPS) is 12.0. The van der Waals surface area contributed by atoms with Crippen molar-refractivity contribution in [2.24, 2.45) is 4.99 Å². The predicted molar refractivity (Wildman–Crippen MR) is 117 cm³/mol. The summed E-state index contributed by atoms with van der Waals surface area (Å²) in [5.74, 6) is -0.734. The fourth-order valence-electron chi connectivity index (χ4n) is 2.60. The van der Waals surface area contributed by atoms with Gasteiger partial charge in [0.2, 0.25) is 0 Å². The molecule has 3 aromatic rings. The third-order valence-electron chi connectivity index (χ3n) is 3.81. The smallest absolute Gasteiger partial charge is 0.325 e. The number of hydrogen-bond donors (Lipinski definition) is 0. The van der Waals surface area contributed by atoms with Gasteiger partial charge in [0.05, 0.1) is 17.3 Å². The lowest BCUT2D eigenvalue weighted by molar-refractivity contribution is -0.141. The van der Waals surface area contributed by atoms with Crippen LogP contribution in [0.2, 0.25) is 0 Å². The van der Waals surface area contributed by atoms with Crippen LogP contribution in [0.15, 0.2) is 56.8 Å². The summed E-state index contributed by atoms with van der Waals surface area (Å²) in [6.45, 7) is 4.21. The molecule has 0 saturated heterocycles. The number of methoxy groups -OCH3 is 1. The van der Waals surface area contributed by atoms with Crippen LogP contribution in [0, 0.1) is 0 Å². The third kappa shape index (κ3) is 4.92. The molecule has 0 aliphatic carbocycles. The number of aromatic nitrogens is 1. The van der Waals surface area contributed by atoms with Gasteiger partial charge in [0.1, 0.15) is 6.54 Å². The number of hydrogen-bond acceptors (Lipinski definition) is 5. The van der Waals surface area contributed by atoms with Gasteiger partial charge in [-0.1, -0.05) is 47.2 Å². The number of esters is 1. The van der Waals surface area contributed by atoms with Crippen LogP contribution in [-0.4, -0.2) is 28.8 Å². The second kappa shape index (κ2) is 9.07. The van der Waals surface area contributed by atoms with Gasteiger partial charge in [-0.15, -0.1) is 11.8 Å². The van der Waals surface area contributed by atoms with Crippen molar-refractivity contribution in [1.29, 1.82) is 0 Å². The number of thioether (sulfide) groups is 1. The maximum absolute atomic E-state index is 12.8. The minimum absolute atomic E-state index is 0.00646. The van der Waals surface area contributed by atoms with Crippen molar-refractivity contribution in [2.45, 2.75) is 30.5 Å². The van der Waals surface area contributed by atoms with Crippen LogP contribution in [-0.2, 0) is 16.1 Å². The average molecular weight is 479 g/mol. The minimum atomic E-state index is -0.396. The average Bonchev–Trinajstić information content (AvgIpc) is 2.97. The lowest BCUT2D eigenvalue weighted by atomic mass is 10.2. The monoisotopic (exact) mass is 478 g/mol. The molecule has 0 aliphatic rings. The summed E-state index contributed by atoms with van der Waals surface area (Å²) in [5.41, 5.74) is 1.35. The molecule has 0 atom stereocenters. The molecule has 28 heavy (non-hydrogen) atoms. The maximum atomic E-state index is 12.8. The van der Waals surface area contributed by atoms with Crippen molar-refractivity contribution >= 4 is 61.1 Å². The standard InChI is InChI=1S/C20H19BrN2O3S2/c1-12(2)27-15-6-4-5-13(9-15)19(25)22-20-23(11-18(24)26-3)16-8-7-14(21)10-17(16)28-20/h4-10,12H,11H2,1-3H3. The molecule has 1 aromatic heterocycles. The van der Waals surface area contributed by atoms with E-state index in [-0.39, 0.29) is 12.5 Å². The molecular formula is C20H19BrN2O3S2. The number of rotatable bonds is 5. The molecule has 0 saturated carbocycles. The summed E-state index contributed by atoms with van der Waals surface area (Å²) in [4.78, 5) is 30.5. The van der Waals surface area contributed by atoms with Crippen LogP contribution in [0.4, 0.5) is 0 Å². The molecule has 0 fully saturated rings. The van der Waals surface area contributed by atoms with Crippen LogP contribution in [0.1, 0.15) is 24.2 Å². The molecule has 0 spiro atoms. The molecule has 146 valence electrons. The summed E-state index contributed by atoms with van der Waals surface area (Å²) in [7, 11) is 1.34. The van der Waals surface area contributed by atoms with Gasteiger partial charge in [0.15, 0.2) is 4.80 Å². The van der Waals surface area contributed by atoms with Gasteiger partial charge < -0.3 is 9.30 Å². The van der Waals surface area contributed by atoms with Gasteiger partial charge in [-0.25, -0.2) is 0 Å². The van der Waals surface area contributed by atoms with E-state index in [1.165, 1.54) is 18.4 Å². The van der Waals surface area contributed by atoms with Crippen LogP contribution >= 0.6 is 39.0 Å². The van der Waals surface area contributed by atoms with Gasteiger partial charge in [-0.05, 0) is 36.4 Å². The van der Waals surface area contributed by atoms with Gasteiger partial charge >= 0.3 is 5.97 Å². The first kappa shape index (κ1) is 20.8. The maximum Gasteiger partial charge on any atom is 0.325 e. The summed E-state index contributed by atoms with van der Waals surface area (Å²) in [6.07, 6.45) is 0. The van der Waals surface area contributed by atoms with Crippen LogP contribution in [0.3, 0.4) is 0 Å². The topological polar surface area (TPSA) is 60.7 Å². The molecule has 1 amide bonds. The first-order chi connectivity index (χ1) is 13.4. The molecule has 2 aromatic carbocycles. The van der Waals surface area contributed by atoms with Crippen molar-refractivity contribution in [3.8, 4) is 0 Å². The Labute approximate surface area is 179 Å². The lowest BCUT2D eigenvalue weighted by Gasteiger charge is -2.06. The Kier molecular flexibility index (Phi) is 6.74. The zero-order valence-corrected chi connectivity index (χ0v) is 18.9. The van der Waals surface area contributed by atoms with Crippen molar-refractivity contribution in [3.63, 3.8) is 0 Å². The first-order valence-electron chi connectivity index (χ1n) is 8.59. The third-order valence-corrected chi connectivity index (χ3v) is 6.34. The molecular weight excluding hydrogens is 460 g/mol. The Hall–Kier alpha value is -1.90. The fraction of sp³-hybridized carbons (Fsp3) is 0.250. The molecule has 3 rings (SSSR count). The number of halogens is 1. The number of amides is 1. The number of carbonyl (C=O) groups excluding carboxylic acids is 2. The molecule has 1 heterocycles. The van der Waals surface area contributed by atoms with E-state index in [4.69, 9.17) is 4.74 Å². The number of thiazole rings is 1. The van der Waals surface area contributed by atoms with Crippen LogP contribution < -0.4 is 4.80 Å². The second-order valence-corrected chi connectivity index (χ2v) is 9.85. The first-order valence-corrected chi connectivity index (χ1v) is 11.1. The highest BCUT2D eigenvalue weighted by atomic mass is 79.9. The molecule has 5 nitrogen and oxygen atoms in total. The van der Waals surface area contributed by atoms with E-state index in [1.54, 1.807) is 22.4 Å². The van der Waals surface area contributed by atoms with Crippen LogP contribution in [0.25, 0.3) is 10.2 Å². The quantitative estimate of drug-likeness (QED) is 0.387. The number of benzene rings is 2. The van der Waals surface area contributed by atoms with Gasteiger partial charge in [0, 0.05) is 20.2 Å². The number of carbonyl (C=O) groups is 2. The Balaban J connectivity index is 2.06. The van der Waals surface area contributed by atoms with E-state index < -0.39 is 5.97 Å². The SMILES string of the molecule is COC(=O)Cn1c(=NC(=O)c2cccc(SC(C)C)c2)sc2cc(Br)ccc21. The van der Waals surface area contributed by atoms with Crippen molar-refractivity contribution in [3.05, 3.63) is 57.3 Å². The van der Waals surface area contributed by atoms with Crippen molar-refractivity contribution in [2.75, 3.05) is 7.11 Å². The largest absolute Gasteiger partial charge is 0.468 e. The fourth-order valence-corrected chi connectivity index (χ4v) is 5.08. The predicted octanol–water partition coefficient (Wildman–Crippen LogP) is 4.88. The number of ether oxygens (including phenoxy) is 1. The molecule has 0 radical (unpaired) electrons. The Morgan fingerprint density at radius 3 is 2.75 bits per heavy atom. The van der Waals surface area contributed by atoms with Gasteiger partial charge in [-0.3, -0.25) is 9.59 Å². The number of fused-ring (bicyclic) bond motifs is 1. The van der Waals surface area contributed by atoms with E-state index in [1.807, 2.05) is 36.4 Å². The van der Waals surface area contributed by atoms with E-state index in [2.05, 4.69) is 34.8 Å². The summed E-state index contributed by atoms with van der Waals surface area (Å²) in [6, 6.07) is 13.2. The van der Waals surface area contributed by atoms with Gasteiger partial charge in [-0.2, -0.15) is 4.99 Å². The number of nitrogens with zero attached hydrogens (tertiary/aromatic N) is 2. The molecule has 0 N–H and O–H groups in total. The molecule has 8 heteroatoms. The van der Waals surface area contributed by atoms with Crippen LogP contribution in [0.5, 0.6) is 0 Å². The van der Waals surface area contributed by atoms with Crippen molar-refractivity contribution in [1.82, 2.24) is 4.57 Å². The molecule has 0 bridgehead atoms. The molecule has 0 aliphatic heterocycles. The van der Waals surface area contributed by atoms with E-state index in [0.29, 0.717) is 15.6 Å². The van der Waals surface area contributed by atoms with Crippen molar-refractivity contribution < 1.29 is 14.3 Å². The summed E-state index contributed by atoms with van der Waals surface area (Å²) < 4.78 is 8.36. The molecule has 0 unspecified atom stereocenters. The van der Waals surface area contributed by atoms with E-state index >= 15 is 0 Å². The Bertz CT molecular complexity index is 1100. The van der Waals surface area contributed by atoms with E-state index in [0.717, 1.165) is 19.6 Å². The minimum Gasteiger partial charge on any atom is -0.468 e. The zero-order chi connectivity index (χ0) is 20.3. The Morgan fingerprint density at radius 2 is 2.04 bits per heavy atom. The highest BCUT2D eigenvalue weighted by molar-refractivity contribution is 9.10. The second-order valence-electron chi connectivity index (χ2n) is 6.27. The summed E-state index contributed by atoms with van der Waals surface area (Å²) >= 11 is 6.51. The summed E-state index contributed by atoms with van der Waals surface area (Å²) in [5, 5.41) is 0.422. The zero-order valence-electron chi connectivity index (χ0n) is 15.6. The highest BCUT2D eigenvalue weighted by Crippen LogP contribution is 2.24. The van der Waals surface area contributed by atoms with E-state index in [9.17, 15) is 9.59 Å².